The summed E-state index contributed by atoms with van der Waals surface area (Å²) in [5.74, 6) is 1.42. The van der Waals surface area contributed by atoms with Crippen LogP contribution in [0.3, 0.4) is 0 Å². The molecule has 0 amide bonds. The van der Waals surface area contributed by atoms with Gasteiger partial charge in [0.1, 0.15) is 11.5 Å². The van der Waals surface area contributed by atoms with Crippen LogP contribution in [0.5, 0.6) is 5.75 Å². The molecule has 100 valence electrons. The van der Waals surface area contributed by atoms with Gasteiger partial charge >= 0.3 is 0 Å². The first-order valence-electron chi connectivity index (χ1n) is 6.35. The molecule has 1 aromatic heterocycles. The second-order valence-corrected chi connectivity index (χ2v) is 6.08. The molecular formula is C14H14ClNO2S. The first-order valence-corrected chi connectivity index (χ1v) is 7.57. The third kappa shape index (κ3) is 2.60. The maximum atomic E-state index is 11.4. The molecule has 3 rings (SSSR count). The Balaban J connectivity index is 1.84. The van der Waals surface area contributed by atoms with E-state index in [4.69, 9.17) is 16.3 Å². The summed E-state index contributed by atoms with van der Waals surface area (Å²) < 4.78 is 10.3. The van der Waals surface area contributed by atoms with E-state index in [1.807, 2.05) is 24.4 Å². The van der Waals surface area contributed by atoms with Gasteiger partial charge in [-0.3, -0.25) is 4.79 Å². The molecule has 1 aliphatic carbocycles. The minimum Gasteiger partial charge on any atom is -0.490 e. The lowest BCUT2D eigenvalue weighted by Gasteiger charge is -2.20. The van der Waals surface area contributed by atoms with Crippen molar-refractivity contribution in [2.24, 2.45) is 5.92 Å². The topological polar surface area (TPSA) is 39.2 Å². The third-order valence-corrected chi connectivity index (χ3v) is 4.53. The van der Waals surface area contributed by atoms with Gasteiger partial charge in [0.2, 0.25) is 0 Å². The van der Waals surface area contributed by atoms with E-state index in [9.17, 15) is 4.79 Å². The zero-order valence-electron chi connectivity index (χ0n) is 10.6. The van der Waals surface area contributed by atoms with E-state index in [1.54, 1.807) is 0 Å². The fourth-order valence-corrected chi connectivity index (χ4v) is 3.41. The number of rotatable bonds is 3. The number of nitrogens with zero attached hydrogens (tertiary/aromatic N) is 1. The SMILES string of the molecule is C[C@@H](Oc1cc(Cl)cc2nscc12)[C@H]1CCC(=O)C1. The van der Waals surface area contributed by atoms with Crippen LogP contribution in [0, 0.1) is 5.92 Å². The van der Waals surface area contributed by atoms with Gasteiger partial charge in [0.25, 0.3) is 0 Å². The Kier molecular flexibility index (Phi) is 3.46. The van der Waals surface area contributed by atoms with Crippen LogP contribution in [-0.2, 0) is 4.79 Å². The molecule has 0 aliphatic heterocycles. The van der Waals surface area contributed by atoms with Crippen molar-refractivity contribution in [1.82, 2.24) is 4.37 Å². The smallest absolute Gasteiger partial charge is 0.133 e. The summed E-state index contributed by atoms with van der Waals surface area (Å²) in [5, 5.41) is 3.58. The van der Waals surface area contributed by atoms with Crippen LogP contribution < -0.4 is 4.74 Å². The number of Topliss-reactive ketones (excluding diaryl/α,β-unsaturated/α-hetero) is 1. The summed E-state index contributed by atoms with van der Waals surface area (Å²) in [4.78, 5) is 11.4. The molecule has 5 heteroatoms. The Morgan fingerprint density at radius 1 is 1.53 bits per heavy atom. The van der Waals surface area contributed by atoms with E-state index in [0.29, 0.717) is 29.6 Å². The summed E-state index contributed by atoms with van der Waals surface area (Å²) >= 11 is 7.47. The molecule has 1 fully saturated rings. The molecule has 2 aromatic rings. The molecule has 1 saturated carbocycles. The van der Waals surface area contributed by atoms with Gasteiger partial charge in [-0.1, -0.05) is 11.6 Å². The third-order valence-electron chi connectivity index (χ3n) is 3.67. The number of fused-ring (bicyclic) bond motifs is 1. The Morgan fingerprint density at radius 3 is 3.11 bits per heavy atom. The van der Waals surface area contributed by atoms with E-state index in [0.717, 1.165) is 23.1 Å². The van der Waals surface area contributed by atoms with Gasteiger partial charge in [0.05, 0.1) is 17.0 Å². The number of carbonyl (C=O) groups excluding carboxylic acids is 1. The Morgan fingerprint density at radius 2 is 2.37 bits per heavy atom. The fraction of sp³-hybridized carbons (Fsp3) is 0.429. The summed E-state index contributed by atoms with van der Waals surface area (Å²) in [6, 6.07) is 3.66. The number of ether oxygens (including phenoxy) is 1. The molecule has 0 N–H and O–H groups in total. The molecule has 0 spiro atoms. The quantitative estimate of drug-likeness (QED) is 0.856. The molecule has 0 radical (unpaired) electrons. The standard InChI is InChI=1S/C14H14ClNO2S/c1-8(9-2-3-11(17)4-9)18-14-6-10(15)5-13-12(14)7-19-16-13/h5-9H,2-4H2,1H3/t8-,9+/m1/s1. The van der Waals surface area contributed by atoms with E-state index in [-0.39, 0.29) is 6.10 Å². The van der Waals surface area contributed by atoms with Gasteiger partial charge in [-0.2, -0.15) is 4.37 Å². The van der Waals surface area contributed by atoms with Crippen molar-refractivity contribution in [3.63, 3.8) is 0 Å². The van der Waals surface area contributed by atoms with Crippen molar-refractivity contribution in [1.29, 1.82) is 0 Å². The molecule has 1 aliphatic rings. The average Bonchev–Trinajstić information content (AvgIpc) is 2.97. The minimum atomic E-state index is 0.0213. The average molecular weight is 296 g/mol. The van der Waals surface area contributed by atoms with Crippen LogP contribution in [0.2, 0.25) is 5.02 Å². The molecular weight excluding hydrogens is 282 g/mol. The Bertz CT molecular complexity index is 625. The van der Waals surface area contributed by atoms with Crippen LogP contribution in [0.1, 0.15) is 26.2 Å². The van der Waals surface area contributed by atoms with Crippen LogP contribution in [0.4, 0.5) is 0 Å². The lowest BCUT2D eigenvalue weighted by molar-refractivity contribution is -0.117. The van der Waals surface area contributed by atoms with Gasteiger partial charge in [-0.05, 0) is 37.0 Å². The highest BCUT2D eigenvalue weighted by Gasteiger charge is 2.28. The number of benzene rings is 1. The van der Waals surface area contributed by atoms with Gasteiger partial charge < -0.3 is 4.74 Å². The van der Waals surface area contributed by atoms with Crippen molar-refractivity contribution in [3.8, 4) is 5.75 Å². The number of aromatic nitrogens is 1. The Labute approximate surface area is 120 Å². The van der Waals surface area contributed by atoms with Gasteiger partial charge in [0, 0.05) is 29.2 Å². The van der Waals surface area contributed by atoms with Crippen molar-refractivity contribution in [2.45, 2.75) is 32.3 Å². The predicted molar refractivity (Wildman–Crippen MR) is 77.1 cm³/mol. The second-order valence-electron chi connectivity index (χ2n) is 5.02. The van der Waals surface area contributed by atoms with E-state index >= 15 is 0 Å². The summed E-state index contributed by atoms with van der Waals surface area (Å²) in [7, 11) is 0. The number of halogens is 1. The minimum absolute atomic E-state index is 0.0213. The lowest BCUT2D eigenvalue weighted by atomic mass is 10.0. The van der Waals surface area contributed by atoms with E-state index in [1.165, 1.54) is 11.5 Å². The molecule has 0 unspecified atom stereocenters. The monoisotopic (exact) mass is 295 g/mol. The maximum Gasteiger partial charge on any atom is 0.133 e. The highest BCUT2D eigenvalue weighted by Crippen LogP contribution is 2.34. The van der Waals surface area contributed by atoms with Crippen LogP contribution >= 0.6 is 23.1 Å². The first kappa shape index (κ1) is 12.9. The van der Waals surface area contributed by atoms with Crippen LogP contribution in [0.25, 0.3) is 10.9 Å². The zero-order chi connectivity index (χ0) is 13.4. The number of hydrogen-bond donors (Lipinski definition) is 0. The predicted octanol–water partition coefficient (Wildman–Crippen LogP) is 4.09. The first-order chi connectivity index (χ1) is 9.13. The molecule has 0 saturated heterocycles. The van der Waals surface area contributed by atoms with Gasteiger partial charge in [-0.15, -0.1) is 0 Å². The Hall–Kier alpha value is -1.13. The molecule has 1 aromatic carbocycles. The fourth-order valence-electron chi connectivity index (χ4n) is 2.55. The van der Waals surface area contributed by atoms with Crippen LogP contribution in [0.15, 0.2) is 17.5 Å². The van der Waals surface area contributed by atoms with Crippen LogP contribution in [-0.4, -0.2) is 16.3 Å². The molecule has 1 heterocycles. The lowest BCUT2D eigenvalue weighted by Crippen LogP contribution is -2.21. The largest absolute Gasteiger partial charge is 0.490 e. The number of ketones is 1. The van der Waals surface area contributed by atoms with Crippen molar-refractivity contribution in [2.75, 3.05) is 0 Å². The van der Waals surface area contributed by atoms with Crippen molar-refractivity contribution in [3.05, 3.63) is 22.5 Å². The zero-order valence-corrected chi connectivity index (χ0v) is 12.1. The molecule has 19 heavy (non-hydrogen) atoms. The summed E-state index contributed by atoms with van der Waals surface area (Å²) in [6.45, 7) is 2.02. The second kappa shape index (κ2) is 5.10. The van der Waals surface area contributed by atoms with Gasteiger partial charge in [0.15, 0.2) is 0 Å². The van der Waals surface area contributed by atoms with Crippen molar-refractivity contribution < 1.29 is 9.53 Å². The summed E-state index contributed by atoms with van der Waals surface area (Å²) in [6.07, 6.45) is 2.26. The normalized spacial score (nSPS) is 20.9. The highest BCUT2D eigenvalue weighted by atomic mass is 35.5. The highest BCUT2D eigenvalue weighted by molar-refractivity contribution is 7.04. The molecule has 3 nitrogen and oxygen atoms in total. The summed E-state index contributed by atoms with van der Waals surface area (Å²) in [5.41, 5.74) is 0.863. The number of hydrogen-bond acceptors (Lipinski definition) is 4. The number of carbonyl (C=O) groups is 1. The maximum absolute atomic E-state index is 11.4. The van der Waals surface area contributed by atoms with Crippen molar-refractivity contribution >= 4 is 39.8 Å². The van der Waals surface area contributed by atoms with E-state index in [2.05, 4.69) is 4.37 Å². The molecule has 0 bridgehead atoms. The molecule has 2 atom stereocenters. The van der Waals surface area contributed by atoms with Gasteiger partial charge in [-0.25, -0.2) is 0 Å². The van der Waals surface area contributed by atoms with E-state index < -0.39 is 0 Å².